The number of hydrogen-bond acceptors (Lipinski definition) is 4. The quantitative estimate of drug-likeness (QED) is 0.694. The smallest absolute Gasteiger partial charge is 0.333 e. The Hall–Kier alpha value is -1.89. The summed E-state index contributed by atoms with van der Waals surface area (Å²) in [7, 11) is 0. The summed E-state index contributed by atoms with van der Waals surface area (Å²) in [6.07, 6.45) is 0. The third-order valence-corrected chi connectivity index (χ3v) is 3.76. The molecule has 0 atom stereocenters. The summed E-state index contributed by atoms with van der Waals surface area (Å²) in [4.78, 5) is 10.4. The van der Waals surface area contributed by atoms with E-state index >= 15 is 0 Å². The second-order valence-corrected chi connectivity index (χ2v) is 5.17. The monoisotopic (exact) mass is 324 g/mol. The molecule has 0 amide bonds. The molecule has 0 aliphatic carbocycles. The lowest BCUT2D eigenvalue weighted by Gasteiger charge is -2.06. The van der Waals surface area contributed by atoms with Crippen molar-refractivity contribution in [2.45, 2.75) is 20.4 Å². The fraction of sp³-hybridized carbons (Fsp3) is 0.250. The number of nitrogen functional groups attached to an aromatic ring is 1. The van der Waals surface area contributed by atoms with Gasteiger partial charge < -0.3 is 5.73 Å². The number of aromatic nitrogens is 2. The Morgan fingerprint density at radius 3 is 2.68 bits per heavy atom. The number of nitrogens with two attached hydrogens (primary N) is 1. The molecule has 7 heteroatoms. The summed E-state index contributed by atoms with van der Waals surface area (Å²) in [5.41, 5.74) is 8.07. The lowest BCUT2D eigenvalue weighted by Crippen LogP contribution is -2.07. The minimum Gasteiger partial charge on any atom is -0.378 e. The largest absolute Gasteiger partial charge is 0.378 e. The summed E-state index contributed by atoms with van der Waals surface area (Å²) >= 11 is 3.43. The van der Waals surface area contributed by atoms with Gasteiger partial charge in [-0.2, -0.15) is 5.10 Å². The molecule has 0 saturated heterocycles. The van der Waals surface area contributed by atoms with E-state index in [2.05, 4.69) is 21.0 Å². The molecule has 1 aromatic carbocycles. The van der Waals surface area contributed by atoms with Gasteiger partial charge in [-0.1, -0.05) is 28.1 Å². The van der Waals surface area contributed by atoms with E-state index in [1.54, 1.807) is 6.92 Å². The molecule has 0 aliphatic rings. The first-order valence-corrected chi connectivity index (χ1v) is 6.41. The molecular weight excluding hydrogens is 312 g/mol. The Labute approximate surface area is 118 Å². The van der Waals surface area contributed by atoms with E-state index in [0.29, 0.717) is 12.2 Å². The van der Waals surface area contributed by atoms with Gasteiger partial charge in [0.1, 0.15) is 5.69 Å². The zero-order valence-corrected chi connectivity index (χ0v) is 12.1. The molecule has 0 saturated carbocycles. The third-order valence-electron chi connectivity index (χ3n) is 2.87. The highest BCUT2D eigenvalue weighted by molar-refractivity contribution is 9.10. The number of benzene rings is 1. The summed E-state index contributed by atoms with van der Waals surface area (Å²) in [6, 6.07) is 5.86. The lowest BCUT2D eigenvalue weighted by atomic mass is 10.1. The van der Waals surface area contributed by atoms with Gasteiger partial charge in [-0.3, -0.25) is 10.1 Å². The maximum atomic E-state index is 10.9. The first-order valence-electron chi connectivity index (χ1n) is 5.62. The molecule has 0 spiro atoms. The van der Waals surface area contributed by atoms with Crippen molar-refractivity contribution in [3.63, 3.8) is 0 Å². The molecule has 100 valence electrons. The van der Waals surface area contributed by atoms with E-state index in [0.717, 1.165) is 15.6 Å². The van der Waals surface area contributed by atoms with Gasteiger partial charge in [0.05, 0.1) is 11.5 Å². The molecular formula is C12H13BrN4O2. The highest BCUT2D eigenvalue weighted by Gasteiger charge is 2.22. The van der Waals surface area contributed by atoms with E-state index in [9.17, 15) is 10.1 Å². The Morgan fingerprint density at radius 2 is 2.16 bits per heavy atom. The van der Waals surface area contributed by atoms with Gasteiger partial charge in [-0.15, -0.1) is 0 Å². The molecule has 1 aromatic heterocycles. The van der Waals surface area contributed by atoms with Gasteiger partial charge in [-0.25, -0.2) is 4.68 Å². The van der Waals surface area contributed by atoms with Crippen molar-refractivity contribution in [3.8, 4) is 0 Å². The molecule has 2 aromatic rings. The van der Waals surface area contributed by atoms with Crippen molar-refractivity contribution in [1.29, 1.82) is 0 Å². The van der Waals surface area contributed by atoms with Gasteiger partial charge in [0.25, 0.3) is 0 Å². The average molecular weight is 325 g/mol. The number of rotatable bonds is 3. The minimum absolute atomic E-state index is 0.0862. The standard InChI is InChI=1S/C12H13BrN4O2/c1-7-5-9(3-4-10(7)13)6-16-12(14)11(17(18)19)8(2)15-16/h3-5H,6,14H2,1-2H3. The number of halogens is 1. The Bertz CT molecular complexity index is 651. The first-order chi connectivity index (χ1) is 8.90. The van der Waals surface area contributed by atoms with Crippen molar-refractivity contribution in [2.75, 3.05) is 5.73 Å². The second kappa shape index (κ2) is 5.00. The summed E-state index contributed by atoms with van der Waals surface area (Å²) < 4.78 is 2.47. The molecule has 19 heavy (non-hydrogen) atoms. The molecule has 0 bridgehead atoms. The van der Waals surface area contributed by atoms with Crippen LogP contribution in [0.25, 0.3) is 0 Å². The van der Waals surface area contributed by atoms with Crippen molar-refractivity contribution >= 4 is 27.4 Å². The number of hydrogen-bond donors (Lipinski definition) is 1. The molecule has 1 heterocycles. The second-order valence-electron chi connectivity index (χ2n) is 4.32. The highest BCUT2D eigenvalue weighted by Crippen LogP contribution is 2.26. The van der Waals surface area contributed by atoms with Crippen LogP contribution in [-0.2, 0) is 6.54 Å². The molecule has 2 rings (SSSR count). The topological polar surface area (TPSA) is 87.0 Å². The summed E-state index contributed by atoms with van der Waals surface area (Å²) in [5, 5.41) is 15.0. The normalized spacial score (nSPS) is 10.7. The van der Waals surface area contributed by atoms with Gasteiger partial charge in [0, 0.05) is 4.47 Å². The van der Waals surface area contributed by atoms with Crippen LogP contribution in [0.15, 0.2) is 22.7 Å². The fourth-order valence-electron chi connectivity index (χ4n) is 1.91. The average Bonchev–Trinajstić information content (AvgIpc) is 2.59. The minimum atomic E-state index is -0.499. The van der Waals surface area contributed by atoms with Crippen LogP contribution in [0.3, 0.4) is 0 Å². The van der Waals surface area contributed by atoms with E-state index < -0.39 is 4.92 Å². The zero-order chi connectivity index (χ0) is 14.2. The maximum Gasteiger partial charge on any atom is 0.333 e. The van der Waals surface area contributed by atoms with Gasteiger partial charge in [0.15, 0.2) is 0 Å². The van der Waals surface area contributed by atoms with Gasteiger partial charge >= 0.3 is 5.69 Å². The summed E-state index contributed by atoms with van der Waals surface area (Å²) in [6.45, 7) is 3.97. The predicted molar refractivity (Wildman–Crippen MR) is 76.0 cm³/mol. The lowest BCUT2D eigenvalue weighted by molar-refractivity contribution is -0.384. The number of aryl methyl sites for hydroxylation is 2. The van der Waals surface area contributed by atoms with Crippen molar-refractivity contribution in [1.82, 2.24) is 9.78 Å². The number of nitrogens with zero attached hydrogens (tertiary/aromatic N) is 3. The fourth-order valence-corrected chi connectivity index (χ4v) is 2.16. The first kappa shape index (κ1) is 13.5. The van der Waals surface area contributed by atoms with Crippen LogP contribution in [-0.4, -0.2) is 14.7 Å². The third kappa shape index (κ3) is 2.60. The molecule has 0 unspecified atom stereocenters. The Morgan fingerprint density at radius 1 is 1.47 bits per heavy atom. The van der Waals surface area contributed by atoms with Crippen LogP contribution in [0.1, 0.15) is 16.8 Å². The van der Waals surface area contributed by atoms with E-state index in [1.807, 2.05) is 25.1 Å². The van der Waals surface area contributed by atoms with E-state index in [1.165, 1.54) is 4.68 Å². The molecule has 6 nitrogen and oxygen atoms in total. The number of nitro groups is 1. The van der Waals surface area contributed by atoms with Gasteiger partial charge in [-0.05, 0) is 31.0 Å². The van der Waals surface area contributed by atoms with Crippen molar-refractivity contribution in [3.05, 3.63) is 49.6 Å². The van der Waals surface area contributed by atoms with Crippen LogP contribution in [0.2, 0.25) is 0 Å². The predicted octanol–water partition coefficient (Wildman–Crippen LogP) is 2.80. The van der Waals surface area contributed by atoms with E-state index in [4.69, 9.17) is 5.73 Å². The van der Waals surface area contributed by atoms with Crippen LogP contribution in [0.5, 0.6) is 0 Å². The molecule has 2 N–H and O–H groups in total. The Kier molecular flexibility index (Phi) is 3.57. The maximum absolute atomic E-state index is 10.9. The van der Waals surface area contributed by atoms with Crippen LogP contribution >= 0.6 is 15.9 Å². The van der Waals surface area contributed by atoms with Crippen LogP contribution in [0.4, 0.5) is 11.5 Å². The van der Waals surface area contributed by atoms with Crippen molar-refractivity contribution in [2.24, 2.45) is 0 Å². The van der Waals surface area contributed by atoms with Crippen LogP contribution in [0, 0.1) is 24.0 Å². The highest BCUT2D eigenvalue weighted by atomic mass is 79.9. The SMILES string of the molecule is Cc1cc(Cn2nc(C)c([N+](=O)[O-])c2N)ccc1Br. The summed E-state index contributed by atoms with van der Waals surface area (Å²) in [5.74, 6) is 0.0862. The van der Waals surface area contributed by atoms with Crippen molar-refractivity contribution < 1.29 is 4.92 Å². The van der Waals surface area contributed by atoms with Gasteiger partial charge in [0.2, 0.25) is 5.82 Å². The Balaban J connectivity index is 2.36. The van der Waals surface area contributed by atoms with Crippen LogP contribution < -0.4 is 5.73 Å². The number of anilines is 1. The van der Waals surface area contributed by atoms with E-state index in [-0.39, 0.29) is 11.5 Å². The molecule has 0 radical (unpaired) electrons. The molecule has 0 fully saturated rings. The zero-order valence-electron chi connectivity index (χ0n) is 10.6. The molecule has 0 aliphatic heterocycles.